The van der Waals surface area contributed by atoms with Gasteiger partial charge in [0, 0.05) is 13.1 Å². The molecule has 0 amide bonds. The molecule has 0 aromatic heterocycles. The van der Waals surface area contributed by atoms with Crippen LogP contribution in [0.1, 0.15) is 11.1 Å². The second-order valence-electron chi connectivity index (χ2n) is 3.67. The Balaban J connectivity index is 2.43. The quantitative estimate of drug-likeness (QED) is 0.737. The van der Waals surface area contributed by atoms with Crippen LogP contribution in [0.2, 0.25) is 0 Å². The summed E-state index contributed by atoms with van der Waals surface area (Å²) in [7, 11) is 0. The number of hydrogen-bond donors (Lipinski definition) is 2. The molecule has 3 nitrogen and oxygen atoms in total. The second kappa shape index (κ2) is 7.35. The first-order valence-electron chi connectivity index (χ1n) is 5.60. The van der Waals surface area contributed by atoms with E-state index in [4.69, 9.17) is 9.84 Å². The zero-order valence-electron chi connectivity index (χ0n) is 9.83. The van der Waals surface area contributed by atoms with Crippen molar-refractivity contribution in [2.75, 3.05) is 26.4 Å². The van der Waals surface area contributed by atoms with Crippen LogP contribution in [0.5, 0.6) is 0 Å². The Bertz CT molecular complexity index is 355. The van der Waals surface area contributed by atoms with E-state index in [0.717, 1.165) is 6.07 Å². The number of aliphatic hydroxyl groups excluding tert-OH is 1. The van der Waals surface area contributed by atoms with E-state index < -0.39 is 11.7 Å². The number of ether oxygens (including phenoxy) is 1. The summed E-state index contributed by atoms with van der Waals surface area (Å²) in [5, 5.41) is 11.3. The average Bonchev–Trinajstić information content (AvgIpc) is 2.33. The van der Waals surface area contributed by atoms with Gasteiger partial charge >= 0.3 is 6.18 Å². The summed E-state index contributed by atoms with van der Waals surface area (Å²) in [6, 6.07) is 5.47. The van der Waals surface area contributed by atoms with Crippen LogP contribution in [0.4, 0.5) is 13.2 Å². The molecule has 0 aliphatic rings. The molecule has 1 aromatic carbocycles. The average molecular weight is 263 g/mol. The van der Waals surface area contributed by atoms with Crippen LogP contribution in [0, 0.1) is 0 Å². The highest BCUT2D eigenvalue weighted by atomic mass is 19.4. The number of alkyl halides is 3. The van der Waals surface area contributed by atoms with Gasteiger partial charge in [0.2, 0.25) is 0 Å². The molecule has 0 spiro atoms. The number of aliphatic hydroxyl groups is 1. The lowest BCUT2D eigenvalue weighted by Crippen LogP contribution is -2.22. The number of nitrogens with one attached hydrogen (secondary N) is 1. The van der Waals surface area contributed by atoms with E-state index in [0.29, 0.717) is 13.2 Å². The Labute approximate surface area is 104 Å². The minimum atomic E-state index is -4.33. The van der Waals surface area contributed by atoms with Gasteiger partial charge in [0.05, 0.1) is 25.4 Å². The highest BCUT2D eigenvalue weighted by Gasteiger charge is 2.32. The summed E-state index contributed by atoms with van der Waals surface area (Å²) >= 11 is 0. The number of rotatable bonds is 7. The van der Waals surface area contributed by atoms with Gasteiger partial charge in [0.15, 0.2) is 0 Å². The number of halogens is 3. The molecule has 0 aliphatic heterocycles. The van der Waals surface area contributed by atoms with Crippen molar-refractivity contribution in [1.82, 2.24) is 5.32 Å². The van der Waals surface area contributed by atoms with Gasteiger partial charge in [-0.1, -0.05) is 18.2 Å². The molecule has 6 heteroatoms. The van der Waals surface area contributed by atoms with Gasteiger partial charge in [-0.05, 0) is 11.6 Å². The molecule has 0 saturated carbocycles. The van der Waals surface area contributed by atoms with Crippen molar-refractivity contribution in [2.45, 2.75) is 12.7 Å². The molecular weight excluding hydrogens is 247 g/mol. The zero-order chi connectivity index (χ0) is 13.4. The van der Waals surface area contributed by atoms with Crippen LogP contribution in [-0.2, 0) is 17.5 Å². The summed E-state index contributed by atoms with van der Waals surface area (Å²) in [5.41, 5.74) is -0.402. The smallest absolute Gasteiger partial charge is 0.394 e. The lowest BCUT2D eigenvalue weighted by atomic mass is 10.1. The Morgan fingerprint density at radius 3 is 2.56 bits per heavy atom. The normalized spacial score (nSPS) is 11.8. The number of benzene rings is 1. The van der Waals surface area contributed by atoms with Gasteiger partial charge < -0.3 is 15.2 Å². The van der Waals surface area contributed by atoms with Crippen LogP contribution >= 0.6 is 0 Å². The maximum absolute atomic E-state index is 12.6. The summed E-state index contributed by atoms with van der Waals surface area (Å²) in [4.78, 5) is 0. The summed E-state index contributed by atoms with van der Waals surface area (Å²) in [6.07, 6.45) is -4.33. The molecule has 2 N–H and O–H groups in total. The molecule has 0 radical (unpaired) electrons. The Morgan fingerprint density at radius 1 is 1.17 bits per heavy atom. The molecule has 1 rings (SSSR count). The Kier molecular flexibility index (Phi) is 6.11. The first-order valence-corrected chi connectivity index (χ1v) is 5.60. The Hall–Kier alpha value is -1.11. The van der Waals surface area contributed by atoms with Gasteiger partial charge in [-0.3, -0.25) is 0 Å². The van der Waals surface area contributed by atoms with Gasteiger partial charge in [-0.2, -0.15) is 13.2 Å². The van der Waals surface area contributed by atoms with Gasteiger partial charge in [-0.15, -0.1) is 0 Å². The fraction of sp³-hybridized carbons (Fsp3) is 0.500. The highest BCUT2D eigenvalue weighted by molar-refractivity contribution is 5.29. The maximum Gasteiger partial charge on any atom is 0.416 e. The second-order valence-corrected chi connectivity index (χ2v) is 3.67. The minimum Gasteiger partial charge on any atom is -0.394 e. The van der Waals surface area contributed by atoms with Crippen molar-refractivity contribution in [3.05, 3.63) is 35.4 Å². The van der Waals surface area contributed by atoms with Crippen LogP contribution in [0.3, 0.4) is 0 Å². The van der Waals surface area contributed by atoms with Crippen LogP contribution in [-0.4, -0.2) is 31.5 Å². The molecule has 1 aromatic rings. The molecule has 0 saturated heterocycles. The third kappa shape index (κ3) is 5.03. The van der Waals surface area contributed by atoms with Crippen molar-refractivity contribution in [1.29, 1.82) is 0 Å². The third-order valence-electron chi connectivity index (χ3n) is 2.30. The lowest BCUT2D eigenvalue weighted by molar-refractivity contribution is -0.138. The predicted octanol–water partition coefficient (Wildman–Crippen LogP) is 1.80. The molecule has 0 aliphatic carbocycles. The lowest BCUT2D eigenvalue weighted by Gasteiger charge is -2.13. The molecule has 0 unspecified atom stereocenters. The molecule has 18 heavy (non-hydrogen) atoms. The van der Waals surface area contributed by atoms with Crippen molar-refractivity contribution in [3.63, 3.8) is 0 Å². The third-order valence-corrected chi connectivity index (χ3v) is 2.30. The van der Waals surface area contributed by atoms with E-state index in [1.807, 2.05) is 0 Å². The van der Waals surface area contributed by atoms with Crippen molar-refractivity contribution in [3.8, 4) is 0 Å². The van der Waals surface area contributed by atoms with E-state index in [9.17, 15) is 13.2 Å². The van der Waals surface area contributed by atoms with Gasteiger partial charge in [-0.25, -0.2) is 0 Å². The molecule has 0 fully saturated rings. The van der Waals surface area contributed by atoms with Crippen LogP contribution < -0.4 is 5.32 Å². The van der Waals surface area contributed by atoms with E-state index in [1.54, 1.807) is 6.07 Å². The standard InChI is InChI=1S/C12H16F3NO2/c13-12(14,15)11-4-2-1-3-10(11)9-16-5-7-18-8-6-17/h1-4,16-17H,5-9H2. The molecule has 102 valence electrons. The maximum atomic E-state index is 12.6. The topological polar surface area (TPSA) is 41.5 Å². The van der Waals surface area contributed by atoms with Crippen LogP contribution in [0.25, 0.3) is 0 Å². The van der Waals surface area contributed by atoms with E-state index in [-0.39, 0.29) is 25.3 Å². The SMILES string of the molecule is OCCOCCNCc1ccccc1C(F)(F)F. The predicted molar refractivity (Wildman–Crippen MR) is 61.1 cm³/mol. The summed E-state index contributed by atoms with van der Waals surface area (Å²) < 4.78 is 42.9. The zero-order valence-corrected chi connectivity index (χ0v) is 9.83. The largest absolute Gasteiger partial charge is 0.416 e. The fourth-order valence-electron chi connectivity index (χ4n) is 1.49. The number of hydrogen-bond acceptors (Lipinski definition) is 3. The highest BCUT2D eigenvalue weighted by Crippen LogP contribution is 2.31. The summed E-state index contributed by atoms with van der Waals surface area (Å²) in [5.74, 6) is 0. The minimum absolute atomic E-state index is 0.0586. The molecule has 0 heterocycles. The van der Waals surface area contributed by atoms with Crippen LogP contribution in [0.15, 0.2) is 24.3 Å². The molecular formula is C12H16F3NO2. The monoisotopic (exact) mass is 263 g/mol. The first kappa shape index (κ1) is 14.9. The van der Waals surface area contributed by atoms with Gasteiger partial charge in [0.25, 0.3) is 0 Å². The van der Waals surface area contributed by atoms with E-state index >= 15 is 0 Å². The fourth-order valence-corrected chi connectivity index (χ4v) is 1.49. The van der Waals surface area contributed by atoms with E-state index in [2.05, 4.69) is 5.32 Å². The Morgan fingerprint density at radius 2 is 1.89 bits per heavy atom. The molecule has 0 atom stereocenters. The van der Waals surface area contributed by atoms with Crippen molar-refractivity contribution in [2.24, 2.45) is 0 Å². The summed E-state index contributed by atoms with van der Waals surface area (Å²) in [6.45, 7) is 1.11. The van der Waals surface area contributed by atoms with E-state index in [1.165, 1.54) is 12.1 Å². The van der Waals surface area contributed by atoms with Gasteiger partial charge in [0.1, 0.15) is 0 Å². The first-order chi connectivity index (χ1) is 8.55. The van der Waals surface area contributed by atoms with Crippen molar-refractivity contribution < 1.29 is 23.0 Å². The van der Waals surface area contributed by atoms with Crippen molar-refractivity contribution >= 4 is 0 Å². The molecule has 0 bridgehead atoms.